The standard InChI is InChI=1S/C20H20N2O4S/c1-12-6-5-8-14(18(12)24)20(25)26-11-17(23)22-19-15(10-21)13-7-3-2-4-9-16(13)27-19/h5-6,8,24H,2-4,7,9,11H2,1H3,(H,22,23). The van der Waals surface area contributed by atoms with E-state index in [4.69, 9.17) is 4.74 Å². The number of thiophene rings is 1. The third-order valence-corrected chi connectivity index (χ3v) is 5.79. The van der Waals surface area contributed by atoms with Gasteiger partial charge in [0.15, 0.2) is 6.61 Å². The number of phenolic OH excluding ortho intramolecular Hbond substituents is 1. The molecular weight excluding hydrogens is 364 g/mol. The molecule has 1 aromatic heterocycles. The largest absolute Gasteiger partial charge is 0.507 e. The molecule has 0 bridgehead atoms. The van der Waals surface area contributed by atoms with Crippen LogP contribution in [0.15, 0.2) is 18.2 Å². The maximum Gasteiger partial charge on any atom is 0.342 e. The summed E-state index contributed by atoms with van der Waals surface area (Å²) in [6, 6.07) is 6.93. The van der Waals surface area contributed by atoms with Crippen LogP contribution in [-0.2, 0) is 22.4 Å². The number of amides is 1. The lowest BCUT2D eigenvalue weighted by Gasteiger charge is -2.08. The molecule has 1 aromatic carbocycles. The maximum atomic E-state index is 12.2. The fourth-order valence-electron chi connectivity index (χ4n) is 3.14. The van der Waals surface area contributed by atoms with E-state index in [1.807, 2.05) is 0 Å². The van der Waals surface area contributed by atoms with Gasteiger partial charge in [-0.2, -0.15) is 5.26 Å². The van der Waals surface area contributed by atoms with Crippen molar-refractivity contribution >= 4 is 28.2 Å². The van der Waals surface area contributed by atoms with Crippen molar-refractivity contribution in [3.8, 4) is 11.8 Å². The number of aromatic hydroxyl groups is 1. The van der Waals surface area contributed by atoms with Crippen LogP contribution in [0, 0.1) is 18.3 Å². The Kier molecular flexibility index (Phi) is 5.77. The fourth-order valence-corrected chi connectivity index (χ4v) is 4.40. The van der Waals surface area contributed by atoms with Gasteiger partial charge in [0.25, 0.3) is 5.91 Å². The Morgan fingerprint density at radius 3 is 2.85 bits per heavy atom. The molecule has 0 saturated carbocycles. The highest BCUT2D eigenvalue weighted by Gasteiger charge is 2.22. The lowest BCUT2D eigenvalue weighted by Crippen LogP contribution is -2.21. The summed E-state index contributed by atoms with van der Waals surface area (Å²) in [6.45, 7) is 1.18. The number of benzene rings is 1. The van der Waals surface area contributed by atoms with E-state index in [1.165, 1.54) is 17.4 Å². The van der Waals surface area contributed by atoms with Gasteiger partial charge in [0.2, 0.25) is 0 Å². The summed E-state index contributed by atoms with van der Waals surface area (Å²) in [5, 5.41) is 22.6. The van der Waals surface area contributed by atoms with Gasteiger partial charge in [-0.05, 0) is 49.8 Å². The van der Waals surface area contributed by atoms with Crippen molar-refractivity contribution in [2.75, 3.05) is 11.9 Å². The molecule has 0 spiro atoms. The predicted octanol–water partition coefficient (Wildman–Crippen LogP) is 3.70. The number of carbonyl (C=O) groups excluding carboxylic acids is 2. The highest BCUT2D eigenvalue weighted by Crippen LogP contribution is 2.36. The maximum absolute atomic E-state index is 12.2. The van der Waals surface area contributed by atoms with Gasteiger partial charge in [0.1, 0.15) is 22.4 Å². The number of ether oxygens (including phenoxy) is 1. The van der Waals surface area contributed by atoms with Crippen LogP contribution in [-0.4, -0.2) is 23.6 Å². The number of nitrogens with one attached hydrogen (secondary N) is 1. The predicted molar refractivity (Wildman–Crippen MR) is 102 cm³/mol. The fraction of sp³-hybridized carbons (Fsp3) is 0.350. The minimum atomic E-state index is -0.770. The quantitative estimate of drug-likeness (QED) is 0.618. The first-order chi connectivity index (χ1) is 13.0. The highest BCUT2D eigenvalue weighted by atomic mass is 32.1. The Labute approximate surface area is 161 Å². The number of nitriles is 1. The number of rotatable bonds is 4. The number of esters is 1. The van der Waals surface area contributed by atoms with Crippen molar-refractivity contribution in [3.05, 3.63) is 45.3 Å². The van der Waals surface area contributed by atoms with Crippen LogP contribution >= 0.6 is 11.3 Å². The third-order valence-electron chi connectivity index (χ3n) is 4.58. The second-order valence-corrected chi connectivity index (χ2v) is 7.58. The van der Waals surface area contributed by atoms with Crippen molar-refractivity contribution < 1.29 is 19.4 Å². The van der Waals surface area contributed by atoms with E-state index in [0.29, 0.717) is 16.1 Å². The zero-order valence-electron chi connectivity index (χ0n) is 15.0. The summed E-state index contributed by atoms with van der Waals surface area (Å²) in [4.78, 5) is 25.4. The third kappa shape index (κ3) is 4.12. The number of hydrogen-bond donors (Lipinski definition) is 2. The SMILES string of the molecule is Cc1cccc(C(=O)OCC(=O)Nc2sc3c(c2C#N)CCCCC3)c1O. The monoisotopic (exact) mass is 384 g/mol. The topological polar surface area (TPSA) is 99.4 Å². The lowest BCUT2D eigenvalue weighted by molar-refractivity contribution is -0.119. The molecule has 2 aromatic rings. The number of nitrogens with zero attached hydrogens (tertiary/aromatic N) is 1. The molecule has 0 fully saturated rings. The van der Waals surface area contributed by atoms with Crippen LogP contribution in [0.4, 0.5) is 5.00 Å². The number of phenols is 1. The summed E-state index contributed by atoms with van der Waals surface area (Å²) in [6.07, 6.45) is 5.06. The van der Waals surface area contributed by atoms with Crippen LogP contribution < -0.4 is 5.32 Å². The molecule has 2 N–H and O–H groups in total. The molecule has 0 radical (unpaired) electrons. The summed E-state index contributed by atoms with van der Waals surface area (Å²) in [5.74, 6) is -1.44. The molecule has 27 heavy (non-hydrogen) atoms. The molecular formula is C20H20N2O4S. The number of carbonyl (C=O) groups is 2. The van der Waals surface area contributed by atoms with E-state index in [9.17, 15) is 20.0 Å². The number of fused-ring (bicyclic) bond motifs is 1. The van der Waals surface area contributed by atoms with Crippen LogP contribution in [0.2, 0.25) is 0 Å². The van der Waals surface area contributed by atoms with E-state index in [2.05, 4.69) is 11.4 Å². The first-order valence-electron chi connectivity index (χ1n) is 8.81. The number of aryl methyl sites for hydroxylation is 2. The Balaban J connectivity index is 1.66. The van der Waals surface area contributed by atoms with Crippen molar-refractivity contribution in [1.29, 1.82) is 5.26 Å². The average Bonchev–Trinajstić information content (AvgIpc) is 2.81. The Morgan fingerprint density at radius 2 is 2.07 bits per heavy atom. The number of anilines is 1. The van der Waals surface area contributed by atoms with Crippen molar-refractivity contribution in [2.24, 2.45) is 0 Å². The van der Waals surface area contributed by atoms with E-state index < -0.39 is 18.5 Å². The Morgan fingerprint density at radius 1 is 1.30 bits per heavy atom. The van der Waals surface area contributed by atoms with Gasteiger partial charge in [-0.15, -0.1) is 11.3 Å². The first kappa shape index (κ1) is 18.9. The van der Waals surface area contributed by atoms with Gasteiger partial charge in [-0.1, -0.05) is 18.6 Å². The zero-order chi connectivity index (χ0) is 19.4. The van der Waals surface area contributed by atoms with Gasteiger partial charge in [0, 0.05) is 4.88 Å². The van der Waals surface area contributed by atoms with Crippen LogP contribution in [0.25, 0.3) is 0 Å². The molecule has 1 amide bonds. The molecule has 0 unspecified atom stereocenters. The smallest absolute Gasteiger partial charge is 0.342 e. The summed E-state index contributed by atoms with van der Waals surface area (Å²) < 4.78 is 5.00. The van der Waals surface area contributed by atoms with E-state index in [0.717, 1.165) is 42.5 Å². The van der Waals surface area contributed by atoms with Crippen molar-refractivity contribution in [3.63, 3.8) is 0 Å². The van der Waals surface area contributed by atoms with Gasteiger partial charge in [-0.3, -0.25) is 4.79 Å². The molecule has 3 rings (SSSR count). The van der Waals surface area contributed by atoms with Crippen LogP contribution in [0.5, 0.6) is 5.75 Å². The Bertz CT molecular complexity index is 927. The molecule has 1 aliphatic rings. The van der Waals surface area contributed by atoms with Gasteiger partial charge < -0.3 is 15.2 Å². The molecule has 1 aliphatic carbocycles. The minimum Gasteiger partial charge on any atom is -0.507 e. The van der Waals surface area contributed by atoms with Crippen LogP contribution in [0.3, 0.4) is 0 Å². The highest BCUT2D eigenvalue weighted by molar-refractivity contribution is 7.16. The molecule has 6 nitrogen and oxygen atoms in total. The normalized spacial score (nSPS) is 13.2. The molecule has 0 atom stereocenters. The molecule has 0 aliphatic heterocycles. The Hall–Kier alpha value is -2.85. The summed E-state index contributed by atoms with van der Waals surface area (Å²) >= 11 is 1.43. The lowest BCUT2D eigenvalue weighted by atomic mass is 10.1. The number of hydrogen-bond acceptors (Lipinski definition) is 6. The zero-order valence-corrected chi connectivity index (χ0v) is 15.8. The van der Waals surface area contributed by atoms with Crippen molar-refractivity contribution in [2.45, 2.75) is 39.0 Å². The van der Waals surface area contributed by atoms with Gasteiger partial charge in [-0.25, -0.2) is 4.79 Å². The summed E-state index contributed by atoms with van der Waals surface area (Å²) in [7, 11) is 0. The average molecular weight is 384 g/mol. The van der Waals surface area contributed by atoms with Gasteiger partial charge in [0.05, 0.1) is 5.56 Å². The number of para-hydroxylation sites is 1. The first-order valence-corrected chi connectivity index (χ1v) is 9.63. The van der Waals surface area contributed by atoms with E-state index >= 15 is 0 Å². The summed E-state index contributed by atoms with van der Waals surface area (Å²) in [5.41, 5.74) is 2.13. The van der Waals surface area contributed by atoms with Crippen molar-refractivity contribution in [1.82, 2.24) is 0 Å². The second kappa shape index (κ2) is 8.23. The molecule has 1 heterocycles. The van der Waals surface area contributed by atoms with E-state index in [-0.39, 0.29) is 11.3 Å². The second-order valence-electron chi connectivity index (χ2n) is 6.48. The minimum absolute atomic E-state index is 0.0170. The van der Waals surface area contributed by atoms with Gasteiger partial charge >= 0.3 is 5.97 Å². The van der Waals surface area contributed by atoms with Crippen LogP contribution in [0.1, 0.15) is 51.2 Å². The molecule has 0 saturated heterocycles. The molecule has 140 valence electrons. The van der Waals surface area contributed by atoms with E-state index in [1.54, 1.807) is 19.1 Å². The molecule has 7 heteroatoms.